The molecule has 0 fully saturated rings. The number of nitrogens with zero attached hydrogens (tertiary/aromatic N) is 4. The standard InChI is InChI=1S/C40H47N9O7S/c1-48(26-37-45-33-11-5-6-12-34(33)46-37)40(53)27-14-16-32-30(20-27)25-49(31(24-42-32)21-38(50)51)19-9-3-2-8-18-41-39(52)29-15-17-36(43-22-29)47-44-23-28-10-4-7-13-35(28)57(54,55)56/h4-7,10-17,20,22,31,42,44H,2-3,8-9,18-19,21,23-26H2,1H3,(H,41,52)(H,43,47)(H,45,46)(H,50,51)(H,54,55,56). The van der Waals surface area contributed by atoms with Crippen LogP contribution in [0, 0.1) is 0 Å². The quantitative estimate of drug-likeness (QED) is 0.0365. The molecule has 3 heterocycles. The van der Waals surface area contributed by atoms with Crippen LogP contribution in [0.2, 0.25) is 0 Å². The van der Waals surface area contributed by atoms with Gasteiger partial charge in [-0.25, -0.2) is 15.4 Å². The summed E-state index contributed by atoms with van der Waals surface area (Å²) >= 11 is 0. The lowest BCUT2D eigenvalue weighted by Gasteiger charge is -2.28. The molecular weight excluding hydrogens is 751 g/mol. The van der Waals surface area contributed by atoms with E-state index < -0.39 is 16.1 Å². The maximum absolute atomic E-state index is 13.5. The third kappa shape index (κ3) is 11.1. The van der Waals surface area contributed by atoms with Crippen molar-refractivity contribution in [1.82, 2.24) is 35.5 Å². The first-order valence-corrected chi connectivity index (χ1v) is 20.2. The highest BCUT2D eigenvalue weighted by molar-refractivity contribution is 7.85. The van der Waals surface area contributed by atoms with Crippen molar-refractivity contribution in [2.45, 2.75) is 62.7 Å². The Bertz CT molecular complexity index is 2270. The SMILES string of the molecule is CN(Cc1nc2ccccc2[nH]1)C(=O)c1ccc2c(c1)CN(CCCCCCNC(=O)c1ccc(NNCc3ccccc3S(=O)(=O)O)nc1)C(CC(=O)O)CN2. The van der Waals surface area contributed by atoms with Crippen molar-refractivity contribution in [1.29, 1.82) is 0 Å². The number of aromatic amines is 1. The molecule has 16 nitrogen and oxygen atoms in total. The smallest absolute Gasteiger partial charge is 0.305 e. The zero-order valence-corrected chi connectivity index (χ0v) is 32.4. The average molecular weight is 798 g/mol. The molecular formula is C40H47N9O7S. The molecule has 1 unspecified atom stereocenters. The van der Waals surface area contributed by atoms with Gasteiger partial charge in [-0.1, -0.05) is 43.2 Å². The minimum Gasteiger partial charge on any atom is -0.481 e. The Kier molecular flexibility index (Phi) is 13.5. The number of carbonyl (C=O) groups is 3. The van der Waals surface area contributed by atoms with Crippen LogP contribution in [0.3, 0.4) is 0 Å². The lowest BCUT2D eigenvalue weighted by atomic mass is 10.1. The topological polar surface area (TPSA) is 222 Å². The van der Waals surface area contributed by atoms with Gasteiger partial charge in [0.1, 0.15) is 11.6 Å². The number of fused-ring (bicyclic) bond motifs is 2. The Labute approximate surface area is 330 Å². The number of para-hydroxylation sites is 2. The van der Waals surface area contributed by atoms with Crippen molar-refractivity contribution in [3.8, 4) is 0 Å². The van der Waals surface area contributed by atoms with E-state index in [4.69, 9.17) is 0 Å². The highest BCUT2D eigenvalue weighted by Gasteiger charge is 2.26. The molecule has 6 rings (SSSR count). The molecule has 1 aliphatic rings. The number of carboxylic acid groups (broad SMARTS) is 1. The van der Waals surface area contributed by atoms with Gasteiger partial charge >= 0.3 is 5.97 Å². The number of nitrogens with one attached hydrogen (secondary N) is 5. The number of hydrazine groups is 1. The number of rotatable bonds is 18. The molecule has 0 bridgehead atoms. The summed E-state index contributed by atoms with van der Waals surface area (Å²) < 4.78 is 32.6. The molecule has 2 aromatic heterocycles. The average Bonchev–Trinajstić information content (AvgIpc) is 3.52. The zero-order valence-electron chi connectivity index (χ0n) is 31.6. The van der Waals surface area contributed by atoms with Gasteiger partial charge in [-0.3, -0.25) is 23.8 Å². The van der Waals surface area contributed by atoms with Crippen LogP contribution in [-0.4, -0.2) is 93.3 Å². The van der Waals surface area contributed by atoms with Crippen molar-refractivity contribution >= 4 is 50.4 Å². The van der Waals surface area contributed by atoms with Crippen LogP contribution in [-0.2, 0) is 34.5 Å². The van der Waals surface area contributed by atoms with Gasteiger partial charge < -0.3 is 31.0 Å². The molecule has 0 saturated heterocycles. The Hall–Kier alpha value is -5.88. The molecule has 0 radical (unpaired) electrons. The van der Waals surface area contributed by atoms with Crippen LogP contribution >= 0.6 is 0 Å². The first kappa shape index (κ1) is 40.8. The second-order valence-electron chi connectivity index (χ2n) is 14.0. The van der Waals surface area contributed by atoms with Gasteiger partial charge in [0.2, 0.25) is 0 Å². The second-order valence-corrected chi connectivity index (χ2v) is 15.4. The van der Waals surface area contributed by atoms with E-state index >= 15 is 0 Å². The van der Waals surface area contributed by atoms with Crippen molar-refractivity contribution in [3.63, 3.8) is 0 Å². The number of aromatic nitrogens is 3. The van der Waals surface area contributed by atoms with Crippen molar-refractivity contribution in [2.75, 3.05) is 37.4 Å². The number of unbranched alkanes of at least 4 members (excludes halogenated alkanes) is 3. The first-order chi connectivity index (χ1) is 27.4. The zero-order chi connectivity index (χ0) is 40.4. The fraction of sp³-hybridized carbons (Fsp3) is 0.325. The normalized spacial score (nSPS) is 14.3. The van der Waals surface area contributed by atoms with Crippen molar-refractivity contribution in [3.05, 3.63) is 113 Å². The Morgan fingerprint density at radius 2 is 1.74 bits per heavy atom. The molecule has 300 valence electrons. The van der Waals surface area contributed by atoms with Gasteiger partial charge in [-0.2, -0.15) is 8.42 Å². The number of amides is 2. The summed E-state index contributed by atoms with van der Waals surface area (Å²) in [6, 6.07) is 22.4. The summed E-state index contributed by atoms with van der Waals surface area (Å²) in [5.74, 6) is -0.143. The Morgan fingerprint density at radius 1 is 0.965 bits per heavy atom. The Balaban J connectivity index is 0.937. The molecule has 0 saturated carbocycles. The summed E-state index contributed by atoms with van der Waals surface area (Å²) in [6.07, 6.45) is 4.80. The van der Waals surface area contributed by atoms with E-state index in [1.165, 1.54) is 18.3 Å². The summed E-state index contributed by atoms with van der Waals surface area (Å²) in [4.78, 5) is 53.7. The summed E-state index contributed by atoms with van der Waals surface area (Å²) in [7, 11) is -2.61. The molecule has 5 aromatic rings. The van der Waals surface area contributed by atoms with Crippen molar-refractivity contribution < 1.29 is 32.5 Å². The number of aliphatic carboxylic acids is 1. The van der Waals surface area contributed by atoms with Crippen LogP contribution in [0.5, 0.6) is 0 Å². The number of imidazole rings is 1. The van der Waals surface area contributed by atoms with Crippen LogP contribution in [0.4, 0.5) is 11.5 Å². The third-order valence-electron chi connectivity index (χ3n) is 9.78. The number of carbonyl (C=O) groups excluding carboxylic acids is 2. The molecule has 17 heteroatoms. The summed E-state index contributed by atoms with van der Waals surface area (Å²) in [5, 5.41) is 16.0. The molecule has 2 amide bonds. The monoisotopic (exact) mass is 797 g/mol. The lowest BCUT2D eigenvalue weighted by Crippen LogP contribution is -2.40. The van der Waals surface area contributed by atoms with Gasteiger partial charge in [0.15, 0.2) is 0 Å². The number of benzene rings is 3. The number of hydrogen-bond acceptors (Lipinski definition) is 11. The second kappa shape index (κ2) is 18.8. The maximum atomic E-state index is 13.5. The molecule has 7 N–H and O–H groups in total. The van der Waals surface area contributed by atoms with Crippen LogP contribution in [0.25, 0.3) is 11.0 Å². The van der Waals surface area contributed by atoms with Crippen LogP contribution < -0.4 is 21.5 Å². The van der Waals surface area contributed by atoms with E-state index in [1.807, 2.05) is 36.4 Å². The largest absolute Gasteiger partial charge is 0.481 e. The molecule has 57 heavy (non-hydrogen) atoms. The molecule has 3 aromatic carbocycles. The molecule has 1 aliphatic heterocycles. The summed E-state index contributed by atoms with van der Waals surface area (Å²) in [5.41, 5.74) is 10.6. The maximum Gasteiger partial charge on any atom is 0.305 e. The van der Waals surface area contributed by atoms with E-state index in [2.05, 4.69) is 41.3 Å². The van der Waals surface area contributed by atoms with Gasteiger partial charge in [0.25, 0.3) is 21.9 Å². The van der Waals surface area contributed by atoms with Gasteiger partial charge in [-0.05, 0) is 79.0 Å². The summed E-state index contributed by atoms with van der Waals surface area (Å²) in [6.45, 7) is 2.56. The molecule has 1 atom stereocenters. The molecule has 0 aliphatic carbocycles. The van der Waals surface area contributed by atoms with Gasteiger partial charge in [0, 0.05) is 56.7 Å². The van der Waals surface area contributed by atoms with Crippen LogP contribution in [0.15, 0.2) is 90.0 Å². The number of H-pyrrole nitrogens is 1. The fourth-order valence-electron chi connectivity index (χ4n) is 6.83. The highest BCUT2D eigenvalue weighted by atomic mass is 32.2. The first-order valence-electron chi connectivity index (χ1n) is 18.7. The van der Waals surface area contributed by atoms with E-state index in [0.29, 0.717) is 61.1 Å². The van der Waals surface area contributed by atoms with E-state index in [-0.39, 0.29) is 35.7 Å². The minimum absolute atomic E-state index is 0.00691. The number of pyridine rings is 1. The van der Waals surface area contributed by atoms with E-state index in [1.54, 1.807) is 42.3 Å². The predicted molar refractivity (Wildman–Crippen MR) is 215 cm³/mol. The lowest BCUT2D eigenvalue weighted by molar-refractivity contribution is -0.138. The third-order valence-corrected chi connectivity index (χ3v) is 10.7. The highest BCUT2D eigenvalue weighted by Crippen LogP contribution is 2.26. The van der Waals surface area contributed by atoms with Crippen molar-refractivity contribution in [2.24, 2.45) is 0 Å². The fourth-order valence-corrected chi connectivity index (χ4v) is 7.55. The minimum atomic E-state index is -4.36. The number of anilines is 2. The van der Waals surface area contributed by atoms with Crippen LogP contribution in [0.1, 0.15) is 69.8 Å². The number of carboxylic acids is 1. The van der Waals surface area contributed by atoms with E-state index in [0.717, 1.165) is 48.0 Å². The van der Waals surface area contributed by atoms with E-state index in [9.17, 15) is 32.5 Å². The predicted octanol–water partition coefficient (Wildman–Crippen LogP) is 4.65. The number of hydrogen-bond donors (Lipinski definition) is 7. The Morgan fingerprint density at radius 3 is 2.51 bits per heavy atom. The van der Waals surface area contributed by atoms with Gasteiger partial charge in [0.05, 0.1) is 34.5 Å². The molecule has 0 spiro atoms. The van der Waals surface area contributed by atoms with Gasteiger partial charge in [-0.15, -0.1) is 0 Å².